The number of fused-ring (bicyclic) bond motifs is 2. The summed E-state index contributed by atoms with van der Waals surface area (Å²) in [7, 11) is 5.23. The van der Waals surface area contributed by atoms with Crippen molar-refractivity contribution in [2.75, 3.05) is 40.9 Å². The molecule has 9 heteroatoms. The monoisotopic (exact) mass is 499 g/mol. The Kier molecular flexibility index (Phi) is 7.13. The molecule has 1 atom stereocenters. The Morgan fingerprint density at radius 2 is 1.83 bits per heavy atom. The van der Waals surface area contributed by atoms with Crippen LogP contribution in [0.25, 0.3) is 0 Å². The van der Waals surface area contributed by atoms with Crippen molar-refractivity contribution in [2.45, 2.75) is 44.2 Å². The van der Waals surface area contributed by atoms with E-state index < -0.39 is 23.0 Å². The van der Waals surface area contributed by atoms with Gasteiger partial charge in [0.1, 0.15) is 17.2 Å². The number of halogens is 1. The highest BCUT2D eigenvalue weighted by molar-refractivity contribution is 6.08. The first-order valence-electron chi connectivity index (χ1n) is 12.1. The van der Waals surface area contributed by atoms with Gasteiger partial charge < -0.3 is 24.4 Å². The predicted molar refractivity (Wildman–Crippen MR) is 133 cm³/mol. The van der Waals surface area contributed by atoms with Crippen LogP contribution in [-0.2, 0) is 16.8 Å². The van der Waals surface area contributed by atoms with Crippen molar-refractivity contribution in [2.24, 2.45) is 0 Å². The molecule has 194 valence electrons. The molecule has 4 rings (SSSR count). The SMILES string of the molecule is COc1ccc(CCN(C)CCCN2C(=O)NC3(CC(C)(C)Oc4ccc(F)cc43)C2=O)cc1OC. The van der Waals surface area contributed by atoms with Gasteiger partial charge in [0.25, 0.3) is 5.91 Å². The first-order valence-corrected chi connectivity index (χ1v) is 12.1. The Labute approximate surface area is 211 Å². The third-order valence-electron chi connectivity index (χ3n) is 6.81. The lowest BCUT2D eigenvalue weighted by atomic mass is 9.77. The summed E-state index contributed by atoms with van der Waals surface area (Å²) in [6.45, 7) is 5.50. The molecule has 36 heavy (non-hydrogen) atoms. The molecule has 2 aromatic carbocycles. The summed E-state index contributed by atoms with van der Waals surface area (Å²) in [5.41, 5.74) is -0.526. The summed E-state index contributed by atoms with van der Waals surface area (Å²) in [4.78, 5) is 29.9. The van der Waals surface area contributed by atoms with E-state index in [1.807, 2.05) is 39.1 Å². The average molecular weight is 500 g/mol. The van der Waals surface area contributed by atoms with Gasteiger partial charge in [-0.1, -0.05) is 6.07 Å². The lowest BCUT2D eigenvalue weighted by Crippen LogP contribution is -2.53. The molecular formula is C27H34FN3O5. The highest BCUT2D eigenvalue weighted by Gasteiger charge is 2.58. The molecule has 1 saturated heterocycles. The van der Waals surface area contributed by atoms with Crippen LogP contribution < -0.4 is 19.5 Å². The molecule has 2 aromatic rings. The minimum atomic E-state index is -1.32. The van der Waals surface area contributed by atoms with E-state index in [0.717, 1.165) is 18.5 Å². The van der Waals surface area contributed by atoms with Crippen LogP contribution in [0.5, 0.6) is 17.2 Å². The Hall–Kier alpha value is -3.33. The van der Waals surface area contributed by atoms with Gasteiger partial charge in [-0.3, -0.25) is 9.69 Å². The van der Waals surface area contributed by atoms with Gasteiger partial charge in [0.05, 0.1) is 14.2 Å². The Morgan fingerprint density at radius 1 is 1.08 bits per heavy atom. The zero-order chi connectivity index (χ0) is 26.1. The van der Waals surface area contributed by atoms with Gasteiger partial charge in [-0.25, -0.2) is 9.18 Å². The topological polar surface area (TPSA) is 80.3 Å². The van der Waals surface area contributed by atoms with E-state index in [0.29, 0.717) is 35.8 Å². The summed E-state index contributed by atoms with van der Waals surface area (Å²) in [6.07, 6.45) is 1.66. The van der Waals surface area contributed by atoms with Gasteiger partial charge in [0.15, 0.2) is 17.0 Å². The lowest BCUT2D eigenvalue weighted by Gasteiger charge is -2.42. The summed E-state index contributed by atoms with van der Waals surface area (Å²) in [5.74, 6) is 0.969. The van der Waals surface area contributed by atoms with E-state index in [9.17, 15) is 14.0 Å². The number of hydrogen-bond donors (Lipinski definition) is 1. The standard InChI is InChI=1S/C27H34FN3O5/c1-26(2)17-27(20-16-19(28)8-10-21(20)36-26)24(32)31(25(33)29-27)13-6-12-30(3)14-11-18-7-9-22(34-4)23(15-18)35-5/h7-10,15-16H,6,11-14,17H2,1-5H3,(H,29,33). The van der Waals surface area contributed by atoms with E-state index in [-0.39, 0.29) is 18.9 Å². The van der Waals surface area contributed by atoms with Crippen LogP contribution in [0.4, 0.5) is 9.18 Å². The first kappa shape index (κ1) is 25.8. The van der Waals surface area contributed by atoms with Gasteiger partial charge in [-0.15, -0.1) is 0 Å². The maximum atomic E-state index is 14.1. The average Bonchev–Trinajstić information content (AvgIpc) is 3.06. The number of likely N-dealkylation sites (N-methyl/N-ethyl adjacent to an activating group) is 1. The molecular weight excluding hydrogens is 465 g/mol. The number of methoxy groups -OCH3 is 2. The van der Waals surface area contributed by atoms with Crippen LogP contribution in [0, 0.1) is 5.82 Å². The predicted octanol–water partition coefficient (Wildman–Crippen LogP) is 3.72. The van der Waals surface area contributed by atoms with E-state index in [1.165, 1.54) is 23.1 Å². The smallest absolute Gasteiger partial charge is 0.325 e. The van der Waals surface area contributed by atoms with Crippen LogP contribution in [0.2, 0.25) is 0 Å². The van der Waals surface area contributed by atoms with Crippen LogP contribution in [-0.4, -0.2) is 68.2 Å². The summed E-state index contributed by atoms with van der Waals surface area (Å²) < 4.78 is 30.7. The quantitative estimate of drug-likeness (QED) is 0.530. The molecule has 2 aliphatic rings. The molecule has 0 aliphatic carbocycles. The highest BCUT2D eigenvalue weighted by atomic mass is 19.1. The zero-order valence-corrected chi connectivity index (χ0v) is 21.5. The number of rotatable bonds is 9. The summed E-state index contributed by atoms with van der Waals surface area (Å²) >= 11 is 0. The maximum absolute atomic E-state index is 14.1. The molecule has 2 heterocycles. The molecule has 2 aliphatic heterocycles. The van der Waals surface area contributed by atoms with Gasteiger partial charge in [-0.05, 0) is 76.2 Å². The van der Waals surface area contributed by atoms with Crippen LogP contribution in [0.1, 0.15) is 37.8 Å². The van der Waals surface area contributed by atoms with E-state index >= 15 is 0 Å². The van der Waals surface area contributed by atoms with Crippen molar-refractivity contribution >= 4 is 11.9 Å². The lowest BCUT2D eigenvalue weighted by molar-refractivity contribution is -0.134. The Morgan fingerprint density at radius 3 is 2.56 bits per heavy atom. The largest absolute Gasteiger partial charge is 0.493 e. The van der Waals surface area contributed by atoms with Gasteiger partial charge in [0, 0.05) is 25.1 Å². The van der Waals surface area contributed by atoms with Crippen molar-refractivity contribution in [3.05, 3.63) is 53.3 Å². The van der Waals surface area contributed by atoms with Crippen LogP contribution in [0.3, 0.4) is 0 Å². The van der Waals surface area contributed by atoms with Crippen molar-refractivity contribution in [1.82, 2.24) is 15.1 Å². The van der Waals surface area contributed by atoms with Crippen LogP contribution >= 0.6 is 0 Å². The molecule has 3 amide bonds. The third kappa shape index (κ3) is 4.97. The molecule has 0 saturated carbocycles. The fourth-order valence-electron chi connectivity index (χ4n) is 5.09. The number of carbonyl (C=O) groups is 2. The fourth-order valence-corrected chi connectivity index (χ4v) is 5.09. The molecule has 0 radical (unpaired) electrons. The molecule has 1 fully saturated rings. The zero-order valence-electron chi connectivity index (χ0n) is 21.5. The summed E-state index contributed by atoms with van der Waals surface area (Å²) in [5, 5.41) is 2.87. The van der Waals surface area contributed by atoms with Gasteiger partial charge in [-0.2, -0.15) is 0 Å². The second kappa shape index (κ2) is 9.97. The first-order chi connectivity index (χ1) is 17.1. The third-order valence-corrected chi connectivity index (χ3v) is 6.81. The Balaban J connectivity index is 1.37. The number of imide groups is 1. The molecule has 1 unspecified atom stereocenters. The number of nitrogens with zero attached hydrogens (tertiary/aromatic N) is 2. The van der Waals surface area contributed by atoms with E-state index in [1.54, 1.807) is 14.2 Å². The minimum absolute atomic E-state index is 0.225. The number of nitrogens with one attached hydrogen (secondary N) is 1. The van der Waals surface area contributed by atoms with Crippen LogP contribution in [0.15, 0.2) is 36.4 Å². The fraction of sp³-hybridized carbons (Fsp3) is 0.481. The van der Waals surface area contributed by atoms with Gasteiger partial charge in [0.2, 0.25) is 0 Å². The van der Waals surface area contributed by atoms with Crippen molar-refractivity contribution < 1.29 is 28.2 Å². The minimum Gasteiger partial charge on any atom is -0.493 e. The Bertz CT molecular complexity index is 1150. The summed E-state index contributed by atoms with van der Waals surface area (Å²) in [6, 6.07) is 9.51. The van der Waals surface area contributed by atoms with Crippen molar-refractivity contribution in [3.8, 4) is 17.2 Å². The van der Waals surface area contributed by atoms with E-state index in [2.05, 4.69) is 10.2 Å². The number of hydrogen-bond acceptors (Lipinski definition) is 6. The highest BCUT2D eigenvalue weighted by Crippen LogP contribution is 2.46. The number of carbonyl (C=O) groups excluding carboxylic acids is 2. The molecule has 8 nitrogen and oxygen atoms in total. The number of urea groups is 1. The van der Waals surface area contributed by atoms with Crippen molar-refractivity contribution in [3.63, 3.8) is 0 Å². The number of benzene rings is 2. The van der Waals surface area contributed by atoms with E-state index in [4.69, 9.17) is 14.2 Å². The number of amides is 3. The maximum Gasteiger partial charge on any atom is 0.325 e. The van der Waals surface area contributed by atoms with Crippen molar-refractivity contribution in [1.29, 1.82) is 0 Å². The molecule has 0 aromatic heterocycles. The molecule has 1 spiro atoms. The molecule has 0 bridgehead atoms. The van der Waals surface area contributed by atoms with Gasteiger partial charge >= 0.3 is 6.03 Å². The second-order valence-electron chi connectivity index (χ2n) is 10.1. The second-order valence-corrected chi connectivity index (χ2v) is 10.1. The molecule has 1 N–H and O–H groups in total. The normalized spacial score (nSPS) is 20.4. The number of ether oxygens (including phenoxy) is 3.